The molecule has 6 nitrogen and oxygen atoms in total. The van der Waals surface area contributed by atoms with Crippen LogP contribution in [0.15, 0.2) is 24.3 Å². The highest BCUT2D eigenvalue weighted by atomic mass is 16.3. The van der Waals surface area contributed by atoms with Crippen molar-refractivity contribution >= 4 is 11.6 Å². The first-order valence-corrected chi connectivity index (χ1v) is 9.84. The van der Waals surface area contributed by atoms with Crippen LogP contribution in [-0.2, 0) is 13.0 Å². The highest BCUT2D eigenvalue weighted by Crippen LogP contribution is 2.39. The molecule has 1 aromatic carbocycles. The number of aliphatic hydroxyl groups is 2. The number of hydrogen-bond acceptors (Lipinski definition) is 6. The fraction of sp³-hybridized carbons (Fsp3) is 0.524. The Morgan fingerprint density at radius 1 is 1.19 bits per heavy atom. The van der Waals surface area contributed by atoms with Crippen molar-refractivity contribution in [3.05, 3.63) is 46.8 Å². The summed E-state index contributed by atoms with van der Waals surface area (Å²) in [5.74, 6) is 3.12. The van der Waals surface area contributed by atoms with E-state index in [1.54, 1.807) is 6.92 Å². The van der Waals surface area contributed by atoms with Gasteiger partial charge in [-0.1, -0.05) is 18.2 Å². The SMILES string of the molecule is C[C@H](O)c1ccc2c(c1)CCN(c1cc(N[C@@H](C)CO)nc(C3CC3)n1)C2. The number of aromatic nitrogens is 2. The molecule has 2 aromatic rings. The molecule has 0 amide bonds. The van der Waals surface area contributed by atoms with Gasteiger partial charge in [0, 0.05) is 31.1 Å². The van der Waals surface area contributed by atoms with E-state index < -0.39 is 6.10 Å². The minimum absolute atomic E-state index is 0.0409. The molecule has 1 aliphatic heterocycles. The summed E-state index contributed by atoms with van der Waals surface area (Å²) in [6.07, 6.45) is 2.82. The molecule has 0 saturated heterocycles. The van der Waals surface area contributed by atoms with E-state index in [0.29, 0.717) is 5.92 Å². The lowest BCUT2D eigenvalue weighted by molar-refractivity contribution is 0.199. The molecule has 6 heteroatoms. The van der Waals surface area contributed by atoms with Crippen molar-refractivity contribution in [1.82, 2.24) is 9.97 Å². The Morgan fingerprint density at radius 3 is 2.70 bits per heavy atom. The Kier molecular flexibility index (Phi) is 5.02. The minimum atomic E-state index is -0.432. The summed E-state index contributed by atoms with van der Waals surface area (Å²) in [6, 6.07) is 8.22. The topological polar surface area (TPSA) is 81.5 Å². The summed E-state index contributed by atoms with van der Waals surface area (Å²) in [7, 11) is 0. The Morgan fingerprint density at radius 2 is 2.00 bits per heavy atom. The molecule has 1 fully saturated rings. The number of benzene rings is 1. The van der Waals surface area contributed by atoms with Gasteiger partial charge >= 0.3 is 0 Å². The fourth-order valence-electron chi connectivity index (χ4n) is 3.54. The van der Waals surface area contributed by atoms with Crippen molar-refractivity contribution in [1.29, 1.82) is 0 Å². The molecular weight excluding hydrogens is 340 g/mol. The highest BCUT2D eigenvalue weighted by Gasteiger charge is 2.29. The van der Waals surface area contributed by atoms with Crippen LogP contribution in [0.25, 0.3) is 0 Å². The summed E-state index contributed by atoms with van der Waals surface area (Å²) in [5.41, 5.74) is 3.58. The van der Waals surface area contributed by atoms with Crippen LogP contribution in [0.1, 0.15) is 61.2 Å². The summed E-state index contributed by atoms with van der Waals surface area (Å²) in [5, 5.41) is 22.4. The standard InChI is InChI=1S/C21H28N4O2/c1-13(12-26)22-19-10-20(24-21(23-19)15-3-4-15)25-8-7-17-9-16(14(2)27)5-6-18(17)11-25/h5-6,9-10,13-15,26-27H,3-4,7-8,11-12H2,1-2H3,(H,22,23,24)/t13-,14-/m0/s1. The number of anilines is 2. The second-order valence-electron chi connectivity index (χ2n) is 7.85. The molecule has 4 rings (SSSR count). The quantitative estimate of drug-likeness (QED) is 0.727. The molecule has 2 aliphatic rings. The van der Waals surface area contributed by atoms with Gasteiger partial charge in [-0.25, -0.2) is 9.97 Å². The van der Waals surface area contributed by atoms with Crippen molar-refractivity contribution in [2.45, 2.75) is 57.7 Å². The number of aliphatic hydroxyl groups excluding tert-OH is 2. The van der Waals surface area contributed by atoms with E-state index in [4.69, 9.17) is 4.98 Å². The van der Waals surface area contributed by atoms with Gasteiger partial charge in [-0.3, -0.25) is 0 Å². The third kappa shape index (κ3) is 4.06. The van der Waals surface area contributed by atoms with Gasteiger partial charge in [0.25, 0.3) is 0 Å². The van der Waals surface area contributed by atoms with Crippen LogP contribution < -0.4 is 10.2 Å². The lowest BCUT2D eigenvalue weighted by Crippen LogP contribution is -2.31. The maximum absolute atomic E-state index is 9.81. The van der Waals surface area contributed by atoms with Crippen LogP contribution >= 0.6 is 0 Å². The summed E-state index contributed by atoms with van der Waals surface area (Å²) >= 11 is 0. The third-order valence-corrected chi connectivity index (χ3v) is 5.39. The van der Waals surface area contributed by atoms with Crippen molar-refractivity contribution in [3.8, 4) is 0 Å². The second-order valence-corrected chi connectivity index (χ2v) is 7.85. The van der Waals surface area contributed by atoms with Gasteiger partial charge < -0.3 is 20.4 Å². The Balaban J connectivity index is 1.59. The van der Waals surface area contributed by atoms with Crippen LogP contribution in [0.4, 0.5) is 11.6 Å². The smallest absolute Gasteiger partial charge is 0.136 e. The molecular formula is C21H28N4O2. The average Bonchev–Trinajstić information content (AvgIpc) is 3.52. The van der Waals surface area contributed by atoms with Crippen molar-refractivity contribution < 1.29 is 10.2 Å². The molecule has 1 aliphatic carbocycles. The zero-order chi connectivity index (χ0) is 19.0. The van der Waals surface area contributed by atoms with Gasteiger partial charge in [0.15, 0.2) is 0 Å². The number of rotatable bonds is 6. The Labute approximate surface area is 160 Å². The number of fused-ring (bicyclic) bond motifs is 1. The van der Waals surface area contributed by atoms with Gasteiger partial charge in [-0.05, 0) is 49.8 Å². The van der Waals surface area contributed by atoms with Crippen molar-refractivity contribution in [2.75, 3.05) is 23.4 Å². The van der Waals surface area contributed by atoms with Gasteiger partial charge in [0.2, 0.25) is 0 Å². The van der Waals surface area contributed by atoms with Crippen molar-refractivity contribution in [3.63, 3.8) is 0 Å². The normalized spacial score (nSPS) is 18.7. The zero-order valence-electron chi connectivity index (χ0n) is 16.0. The molecule has 3 N–H and O–H groups in total. The Hall–Kier alpha value is -2.18. The first-order chi connectivity index (χ1) is 13.0. The third-order valence-electron chi connectivity index (χ3n) is 5.39. The van der Waals surface area contributed by atoms with Gasteiger partial charge in [-0.15, -0.1) is 0 Å². The predicted octanol–water partition coefficient (Wildman–Crippen LogP) is 2.76. The largest absolute Gasteiger partial charge is 0.394 e. The molecule has 2 heterocycles. The molecule has 0 radical (unpaired) electrons. The van der Waals surface area contributed by atoms with Crippen LogP contribution in [0.2, 0.25) is 0 Å². The molecule has 2 atom stereocenters. The molecule has 0 bridgehead atoms. The maximum atomic E-state index is 9.81. The number of hydrogen-bond donors (Lipinski definition) is 3. The van der Waals surface area contributed by atoms with Crippen LogP contribution in [0.3, 0.4) is 0 Å². The predicted molar refractivity (Wildman–Crippen MR) is 106 cm³/mol. The maximum Gasteiger partial charge on any atom is 0.136 e. The van der Waals surface area contributed by atoms with E-state index in [0.717, 1.165) is 55.4 Å². The molecule has 144 valence electrons. The Bertz CT molecular complexity index is 820. The van der Waals surface area contributed by atoms with Crippen LogP contribution in [0.5, 0.6) is 0 Å². The first-order valence-electron chi connectivity index (χ1n) is 9.84. The summed E-state index contributed by atoms with van der Waals surface area (Å²) in [4.78, 5) is 11.8. The van der Waals surface area contributed by atoms with Gasteiger partial charge in [-0.2, -0.15) is 0 Å². The average molecular weight is 368 g/mol. The van der Waals surface area contributed by atoms with E-state index >= 15 is 0 Å². The summed E-state index contributed by atoms with van der Waals surface area (Å²) < 4.78 is 0. The minimum Gasteiger partial charge on any atom is -0.394 e. The van der Waals surface area contributed by atoms with Gasteiger partial charge in [0.1, 0.15) is 17.5 Å². The first kappa shape index (κ1) is 18.2. The molecule has 1 aromatic heterocycles. The molecule has 0 unspecified atom stereocenters. The van der Waals surface area contributed by atoms with Crippen LogP contribution in [0, 0.1) is 0 Å². The summed E-state index contributed by atoms with van der Waals surface area (Å²) in [6.45, 7) is 5.52. The van der Waals surface area contributed by atoms with E-state index in [1.807, 2.05) is 19.1 Å². The van der Waals surface area contributed by atoms with E-state index in [-0.39, 0.29) is 12.6 Å². The lowest BCUT2D eigenvalue weighted by atomic mass is 9.96. The molecule has 1 saturated carbocycles. The van der Waals surface area contributed by atoms with Crippen molar-refractivity contribution in [2.24, 2.45) is 0 Å². The van der Waals surface area contributed by atoms with E-state index in [2.05, 4.69) is 27.3 Å². The van der Waals surface area contributed by atoms with E-state index in [9.17, 15) is 10.2 Å². The zero-order valence-corrected chi connectivity index (χ0v) is 16.0. The second kappa shape index (κ2) is 7.44. The van der Waals surface area contributed by atoms with Gasteiger partial charge in [0.05, 0.1) is 12.7 Å². The lowest BCUT2D eigenvalue weighted by Gasteiger charge is -2.31. The van der Waals surface area contributed by atoms with Crippen LogP contribution in [-0.4, -0.2) is 39.4 Å². The molecule has 0 spiro atoms. The number of nitrogens with one attached hydrogen (secondary N) is 1. The number of nitrogens with zero attached hydrogens (tertiary/aromatic N) is 3. The fourth-order valence-corrected chi connectivity index (χ4v) is 3.54. The molecule has 27 heavy (non-hydrogen) atoms. The monoisotopic (exact) mass is 368 g/mol. The van der Waals surface area contributed by atoms with E-state index in [1.165, 1.54) is 11.1 Å². The highest BCUT2D eigenvalue weighted by molar-refractivity contribution is 5.52.